The Labute approximate surface area is 118 Å². The van der Waals surface area contributed by atoms with E-state index in [1.54, 1.807) is 0 Å². The van der Waals surface area contributed by atoms with Gasteiger partial charge in [-0.1, -0.05) is 11.6 Å². The zero-order valence-corrected chi connectivity index (χ0v) is 11.4. The number of sulfonamides is 1. The fourth-order valence-corrected chi connectivity index (χ4v) is 2.91. The molecule has 0 aliphatic rings. The van der Waals surface area contributed by atoms with Gasteiger partial charge in [0.25, 0.3) is 0 Å². The summed E-state index contributed by atoms with van der Waals surface area (Å²) in [5.74, 6) is -0.924. The Hall–Kier alpha value is -1.97. The number of aromatic nitrogens is 3. The van der Waals surface area contributed by atoms with E-state index < -0.39 is 16.0 Å². The van der Waals surface area contributed by atoms with Gasteiger partial charge in [0.2, 0.25) is 10.0 Å². The summed E-state index contributed by atoms with van der Waals surface area (Å²) in [6.07, 6.45) is 1.24. The van der Waals surface area contributed by atoms with E-state index in [4.69, 9.17) is 16.7 Å². The minimum absolute atomic E-state index is 0.0694. The second-order valence-corrected chi connectivity index (χ2v) is 5.85. The molecule has 3 N–H and O–H groups in total. The number of aromatic carboxylic acids is 1. The number of benzene rings is 1. The lowest BCUT2D eigenvalue weighted by atomic mass is 10.2. The van der Waals surface area contributed by atoms with Gasteiger partial charge in [0.15, 0.2) is 0 Å². The predicted molar refractivity (Wildman–Crippen MR) is 68.8 cm³/mol. The van der Waals surface area contributed by atoms with Gasteiger partial charge in [-0.05, 0) is 18.2 Å². The van der Waals surface area contributed by atoms with E-state index in [1.165, 1.54) is 18.5 Å². The van der Waals surface area contributed by atoms with Crippen molar-refractivity contribution in [1.82, 2.24) is 19.9 Å². The van der Waals surface area contributed by atoms with Gasteiger partial charge in [0.1, 0.15) is 17.0 Å². The van der Waals surface area contributed by atoms with E-state index in [2.05, 4.69) is 19.9 Å². The maximum absolute atomic E-state index is 12.1. The molecular formula is C10H9ClN4O4S. The van der Waals surface area contributed by atoms with Crippen molar-refractivity contribution in [3.05, 3.63) is 40.9 Å². The summed E-state index contributed by atoms with van der Waals surface area (Å²) in [5.41, 5.74) is -0.172. The Morgan fingerprint density at radius 3 is 2.80 bits per heavy atom. The molecule has 2 rings (SSSR count). The minimum Gasteiger partial charge on any atom is -0.478 e. The van der Waals surface area contributed by atoms with Crippen LogP contribution in [0.2, 0.25) is 5.02 Å². The van der Waals surface area contributed by atoms with Crippen LogP contribution >= 0.6 is 11.6 Å². The van der Waals surface area contributed by atoms with Gasteiger partial charge in [-0.2, -0.15) is 5.10 Å². The molecule has 0 saturated carbocycles. The number of aromatic amines is 1. The summed E-state index contributed by atoms with van der Waals surface area (Å²) in [6, 6.07) is 3.43. The Balaban J connectivity index is 2.28. The van der Waals surface area contributed by atoms with Crippen molar-refractivity contribution in [3.8, 4) is 0 Å². The molecule has 2 aromatic rings. The zero-order valence-electron chi connectivity index (χ0n) is 9.87. The highest BCUT2D eigenvalue weighted by molar-refractivity contribution is 7.89. The minimum atomic E-state index is -3.96. The molecule has 1 aromatic carbocycles. The number of hydrogen-bond acceptors (Lipinski definition) is 5. The van der Waals surface area contributed by atoms with Gasteiger partial charge >= 0.3 is 5.97 Å². The normalized spacial score (nSPS) is 11.4. The van der Waals surface area contributed by atoms with Gasteiger partial charge in [0.05, 0.1) is 17.1 Å². The number of H-pyrrole nitrogens is 1. The maximum Gasteiger partial charge on any atom is 0.335 e. The van der Waals surface area contributed by atoms with Crippen molar-refractivity contribution < 1.29 is 18.3 Å². The third-order valence-electron chi connectivity index (χ3n) is 2.36. The number of rotatable bonds is 5. The highest BCUT2D eigenvalue weighted by Gasteiger charge is 2.20. The van der Waals surface area contributed by atoms with E-state index in [0.717, 1.165) is 6.07 Å². The van der Waals surface area contributed by atoms with Crippen molar-refractivity contribution in [3.63, 3.8) is 0 Å². The third-order valence-corrected chi connectivity index (χ3v) is 4.25. The molecule has 1 aromatic heterocycles. The summed E-state index contributed by atoms with van der Waals surface area (Å²) in [5, 5.41) is 14.9. The molecule has 0 fully saturated rings. The van der Waals surface area contributed by atoms with Crippen LogP contribution in [0.3, 0.4) is 0 Å². The lowest BCUT2D eigenvalue weighted by molar-refractivity contribution is 0.0696. The van der Waals surface area contributed by atoms with Crippen LogP contribution in [0.25, 0.3) is 0 Å². The van der Waals surface area contributed by atoms with E-state index in [1.807, 2.05) is 0 Å². The topological polar surface area (TPSA) is 125 Å². The molecule has 0 amide bonds. The van der Waals surface area contributed by atoms with Crippen molar-refractivity contribution in [2.45, 2.75) is 11.4 Å². The Morgan fingerprint density at radius 2 is 2.20 bits per heavy atom. The first-order chi connectivity index (χ1) is 9.40. The van der Waals surface area contributed by atoms with Gasteiger partial charge in [-0.15, -0.1) is 0 Å². The van der Waals surface area contributed by atoms with Crippen LogP contribution in [-0.4, -0.2) is 34.7 Å². The van der Waals surface area contributed by atoms with Crippen molar-refractivity contribution in [2.75, 3.05) is 0 Å². The predicted octanol–water partition coefficient (Wildman–Crippen LogP) is 0.635. The zero-order chi connectivity index (χ0) is 14.8. The van der Waals surface area contributed by atoms with Crippen LogP contribution in [0.5, 0.6) is 0 Å². The van der Waals surface area contributed by atoms with Crippen molar-refractivity contribution >= 4 is 27.6 Å². The number of carbonyl (C=O) groups is 1. The summed E-state index contributed by atoms with van der Waals surface area (Å²) in [6.45, 7) is -0.115. The number of hydrogen-bond donors (Lipinski definition) is 3. The number of nitrogens with zero attached hydrogens (tertiary/aromatic N) is 2. The highest BCUT2D eigenvalue weighted by atomic mass is 35.5. The standard InChI is InChI=1S/C10H9ClN4O4S/c11-7-2-1-6(10(16)17)3-8(7)20(18,19)14-4-9-12-5-13-15-9/h1-3,5,14H,4H2,(H,16,17)(H,12,13,15). The number of halogens is 1. The van der Waals surface area contributed by atoms with Crippen LogP contribution < -0.4 is 4.72 Å². The lowest BCUT2D eigenvalue weighted by Crippen LogP contribution is -2.24. The van der Waals surface area contributed by atoms with Gasteiger partial charge in [-0.25, -0.2) is 22.9 Å². The Morgan fingerprint density at radius 1 is 1.45 bits per heavy atom. The SMILES string of the molecule is O=C(O)c1ccc(Cl)c(S(=O)(=O)NCc2ncn[nH]2)c1. The molecule has 10 heteroatoms. The lowest BCUT2D eigenvalue weighted by Gasteiger charge is -2.08. The Bertz CT molecular complexity index is 730. The van der Waals surface area contributed by atoms with Crippen LogP contribution in [0.15, 0.2) is 29.4 Å². The molecule has 0 atom stereocenters. The highest BCUT2D eigenvalue weighted by Crippen LogP contribution is 2.22. The molecule has 0 saturated heterocycles. The molecule has 0 unspecified atom stereocenters. The summed E-state index contributed by atoms with van der Waals surface area (Å²) in [7, 11) is -3.96. The first kappa shape index (κ1) is 14.4. The summed E-state index contributed by atoms with van der Waals surface area (Å²) >= 11 is 5.80. The number of carboxylic acid groups (broad SMARTS) is 1. The van der Waals surface area contributed by atoms with Gasteiger partial charge < -0.3 is 5.11 Å². The fourth-order valence-electron chi connectivity index (χ4n) is 1.40. The summed E-state index contributed by atoms with van der Waals surface area (Å²) in [4.78, 5) is 14.3. The van der Waals surface area contributed by atoms with E-state index in [0.29, 0.717) is 5.82 Å². The largest absolute Gasteiger partial charge is 0.478 e. The number of nitrogens with one attached hydrogen (secondary N) is 2. The van der Waals surface area contributed by atoms with Crippen LogP contribution in [0, 0.1) is 0 Å². The average molecular weight is 317 g/mol. The Kier molecular flexibility index (Phi) is 4.02. The van der Waals surface area contributed by atoms with Crippen LogP contribution in [-0.2, 0) is 16.6 Å². The van der Waals surface area contributed by atoms with Crippen LogP contribution in [0.4, 0.5) is 0 Å². The smallest absolute Gasteiger partial charge is 0.335 e. The van der Waals surface area contributed by atoms with Gasteiger partial charge in [0, 0.05) is 0 Å². The van der Waals surface area contributed by atoms with E-state index in [9.17, 15) is 13.2 Å². The second-order valence-electron chi connectivity index (χ2n) is 3.71. The van der Waals surface area contributed by atoms with Gasteiger partial charge in [-0.3, -0.25) is 5.10 Å². The molecular weight excluding hydrogens is 308 g/mol. The molecule has 20 heavy (non-hydrogen) atoms. The molecule has 0 spiro atoms. The fraction of sp³-hybridized carbons (Fsp3) is 0.100. The first-order valence-corrected chi connectivity index (χ1v) is 7.13. The van der Waals surface area contributed by atoms with Crippen LogP contribution in [0.1, 0.15) is 16.2 Å². The molecule has 1 heterocycles. The van der Waals surface area contributed by atoms with Crippen molar-refractivity contribution in [2.24, 2.45) is 0 Å². The molecule has 8 nitrogen and oxygen atoms in total. The third kappa shape index (κ3) is 3.13. The quantitative estimate of drug-likeness (QED) is 0.743. The maximum atomic E-state index is 12.1. The average Bonchev–Trinajstić information content (AvgIpc) is 2.89. The molecule has 0 bridgehead atoms. The second kappa shape index (κ2) is 5.57. The molecule has 0 aliphatic heterocycles. The molecule has 0 radical (unpaired) electrons. The number of carboxylic acids is 1. The van der Waals surface area contributed by atoms with Crippen molar-refractivity contribution in [1.29, 1.82) is 0 Å². The molecule has 106 valence electrons. The molecule has 0 aliphatic carbocycles. The van der Waals surface area contributed by atoms with E-state index >= 15 is 0 Å². The monoisotopic (exact) mass is 316 g/mol. The summed E-state index contributed by atoms with van der Waals surface area (Å²) < 4.78 is 26.4. The first-order valence-electron chi connectivity index (χ1n) is 5.27. The van der Waals surface area contributed by atoms with E-state index in [-0.39, 0.29) is 22.0 Å².